The molecule has 0 bridgehead atoms. The summed E-state index contributed by atoms with van der Waals surface area (Å²) in [6.45, 7) is 0.264. The Bertz CT molecular complexity index is 715. The number of hydrogen-bond acceptors (Lipinski definition) is 5. The fraction of sp³-hybridized carbons (Fsp3) is 0.286. The number of β-amino-alcohol motifs (C(OH)–C–C–N with tert-alkyl or cyclic N) is 1. The second-order valence-corrected chi connectivity index (χ2v) is 5.51. The summed E-state index contributed by atoms with van der Waals surface area (Å²) in [6.07, 6.45) is 0.986. The first-order chi connectivity index (χ1) is 10.5. The molecule has 0 saturated carbocycles. The smallest absolute Gasteiger partial charge is 0.159 e. The number of aromatic nitrogens is 2. The molecule has 0 spiro atoms. The molecule has 0 amide bonds. The molecule has 2 atom stereocenters. The van der Waals surface area contributed by atoms with Crippen LogP contribution in [0.2, 0.25) is 5.02 Å². The Morgan fingerprint density at radius 1 is 1.27 bits per heavy atom. The lowest BCUT2D eigenvalue weighted by Gasteiger charge is -2.26. The van der Waals surface area contributed by atoms with Gasteiger partial charge in [0.2, 0.25) is 0 Å². The van der Waals surface area contributed by atoms with Gasteiger partial charge in [-0.1, -0.05) is 17.7 Å². The van der Waals surface area contributed by atoms with E-state index in [0.29, 0.717) is 17.8 Å². The molecule has 8 heteroatoms. The summed E-state index contributed by atoms with van der Waals surface area (Å²) in [5, 5.41) is 10.1. The Morgan fingerprint density at radius 3 is 2.77 bits per heavy atom. The maximum Gasteiger partial charge on any atom is 0.159 e. The zero-order valence-electron chi connectivity index (χ0n) is 11.4. The number of nitrogen functional groups attached to an aromatic ring is 1. The van der Waals surface area contributed by atoms with E-state index in [0.717, 1.165) is 12.1 Å². The van der Waals surface area contributed by atoms with E-state index in [1.54, 1.807) is 4.90 Å². The first-order valence-electron chi connectivity index (χ1n) is 6.63. The number of benzene rings is 1. The maximum absolute atomic E-state index is 13.5. The van der Waals surface area contributed by atoms with Gasteiger partial charge in [-0.15, -0.1) is 0 Å². The second kappa shape index (κ2) is 5.66. The van der Waals surface area contributed by atoms with Gasteiger partial charge in [0.25, 0.3) is 0 Å². The second-order valence-electron chi connectivity index (χ2n) is 5.13. The van der Waals surface area contributed by atoms with Crippen molar-refractivity contribution in [2.75, 3.05) is 17.2 Å². The van der Waals surface area contributed by atoms with Crippen molar-refractivity contribution in [2.24, 2.45) is 0 Å². The molecule has 5 nitrogen and oxygen atoms in total. The molecular weight excluding hydrogens is 314 g/mol. The van der Waals surface area contributed by atoms with Gasteiger partial charge in [0.15, 0.2) is 17.5 Å². The molecule has 116 valence electrons. The summed E-state index contributed by atoms with van der Waals surface area (Å²) in [5.41, 5.74) is 6.20. The lowest BCUT2D eigenvalue weighted by Crippen LogP contribution is -2.26. The van der Waals surface area contributed by atoms with E-state index < -0.39 is 17.7 Å². The number of rotatable bonds is 2. The molecule has 1 fully saturated rings. The van der Waals surface area contributed by atoms with Gasteiger partial charge in [-0.3, -0.25) is 0 Å². The van der Waals surface area contributed by atoms with Gasteiger partial charge in [-0.2, -0.15) is 0 Å². The number of nitrogens with zero attached hydrogens (tertiary/aromatic N) is 3. The van der Waals surface area contributed by atoms with E-state index in [1.165, 1.54) is 12.4 Å². The van der Waals surface area contributed by atoms with Crippen LogP contribution in [0.4, 0.5) is 20.4 Å². The van der Waals surface area contributed by atoms with E-state index in [-0.39, 0.29) is 23.4 Å². The molecule has 1 aromatic heterocycles. The van der Waals surface area contributed by atoms with Crippen LogP contribution in [-0.4, -0.2) is 27.7 Å². The van der Waals surface area contributed by atoms with Crippen LogP contribution < -0.4 is 10.6 Å². The zero-order chi connectivity index (χ0) is 15.9. The third-order valence-corrected chi connectivity index (χ3v) is 4.04. The number of nitrogens with two attached hydrogens (primary N) is 1. The molecule has 2 heterocycles. The highest BCUT2D eigenvalue weighted by molar-refractivity contribution is 6.35. The fourth-order valence-electron chi connectivity index (χ4n) is 2.66. The molecule has 1 aromatic carbocycles. The average molecular weight is 327 g/mol. The Balaban J connectivity index is 2.02. The van der Waals surface area contributed by atoms with Gasteiger partial charge >= 0.3 is 0 Å². The molecule has 3 rings (SSSR count). The Hall–Kier alpha value is -1.99. The topological polar surface area (TPSA) is 75.3 Å². The van der Waals surface area contributed by atoms with Crippen LogP contribution >= 0.6 is 11.6 Å². The van der Waals surface area contributed by atoms with Crippen molar-refractivity contribution in [1.82, 2.24) is 9.97 Å². The first kappa shape index (κ1) is 14.9. The van der Waals surface area contributed by atoms with E-state index >= 15 is 0 Å². The lowest BCUT2D eigenvalue weighted by molar-refractivity contribution is 0.194. The summed E-state index contributed by atoms with van der Waals surface area (Å²) in [7, 11) is 0. The summed E-state index contributed by atoms with van der Waals surface area (Å²) < 4.78 is 26.6. The van der Waals surface area contributed by atoms with Gasteiger partial charge in [-0.05, 0) is 24.1 Å². The van der Waals surface area contributed by atoms with Gasteiger partial charge in [0.05, 0.1) is 12.1 Å². The standard InChI is InChI=1S/C14H13ClF2N4O/c15-12-13(18)19-6-20-14(12)21-5-8(22)4-11(21)7-1-2-9(16)10(17)3-7/h1-3,6,8,11,22H,4-5H2,(H2,18,19,20)/t8-,11+/m0/s1. The Labute approximate surface area is 130 Å². The van der Waals surface area contributed by atoms with Crippen molar-refractivity contribution in [3.63, 3.8) is 0 Å². The lowest BCUT2D eigenvalue weighted by atomic mass is 10.0. The predicted molar refractivity (Wildman–Crippen MR) is 78.5 cm³/mol. The molecule has 0 aliphatic carbocycles. The molecule has 1 aliphatic rings. The predicted octanol–water partition coefficient (Wildman–Crippen LogP) is 2.30. The summed E-state index contributed by atoms with van der Waals surface area (Å²) in [4.78, 5) is 9.60. The largest absolute Gasteiger partial charge is 0.391 e. The molecule has 1 aliphatic heterocycles. The fourth-order valence-corrected chi connectivity index (χ4v) is 2.86. The van der Waals surface area contributed by atoms with Crippen LogP contribution in [0.25, 0.3) is 0 Å². The number of halogens is 3. The highest BCUT2D eigenvalue weighted by Gasteiger charge is 2.34. The quantitative estimate of drug-likeness (QED) is 0.885. The minimum Gasteiger partial charge on any atom is -0.391 e. The highest BCUT2D eigenvalue weighted by atomic mass is 35.5. The third-order valence-electron chi connectivity index (χ3n) is 3.68. The van der Waals surface area contributed by atoms with E-state index in [4.69, 9.17) is 17.3 Å². The minimum absolute atomic E-state index is 0.122. The number of hydrogen-bond donors (Lipinski definition) is 2. The third kappa shape index (κ3) is 2.57. The average Bonchev–Trinajstić information content (AvgIpc) is 2.86. The van der Waals surface area contributed by atoms with Crippen molar-refractivity contribution < 1.29 is 13.9 Å². The van der Waals surface area contributed by atoms with Gasteiger partial charge < -0.3 is 15.7 Å². The van der Waals surface area contributed by atoms with Crippen LogP contribution in [0.3, 0.4) is 0 Å². The summed E-state index contributed by atoms with van der Waals surface area (Å²) in [6, 6.07) is 3.27. The molecule has 0 unspecified atom stereocenters. The van der Waals surface area contributed by atoms with Gasteiger partial charge in [0, 0.05) is 6.54 Å². The SMILES string of the molecule is Nc1ncnc(N2C[C@@H](O)C[C@@H]2c2ccc(F)c(F)c2)c1Cl. The maximum atomic E-state index is 13.5. The van der Waals surface area contributed by atoms with Crippen molar-refractivity contribution in [1.29, 1.82) is 0 Å². The van der Waals surface area contributed by atoms with E-state index in [9.17, 15) is 13.9 Å². The van der Waals surface area contributed by atoms with Crippen LogP contribution in [-0.2, 0) is 0 Å². The zero-order valence-corrected chi connectivity index (χ0v) is 12.1. The molecule has 3 N–H and O–H groups in total. The van der Waals surface area contributed by atoms with Crippen molar-refractivity contribution >= 4 is 23.2 Å². The monoisotopic (exact) mass is 326 g/mol. The van der Waals surface area contributed by atoms with Gasteiger partial charge in [0.1, 0.15) is 17.2 Å². The van der Waals surface area contributed by atoms with Crippen molar-refractivity contribution in [3.05, 3.63) is 46.7 Å². The van der Waals surface area contributed by atoms with Crippen molar-refractivity contribution in [2.45, 2.75) is 18.6 Å². The highest BCUT2D eigenvalue weighted by Crippen LogP contribution is 2.39. The molecule has 2 aromatic rings. The molecular formula is C14H13ClF2N4O. The number of aliphatic hydroxyl groups excluding tert-OH is 1. The Morgan fingerprint density at radius 2 is 2.05 bits per heavy atom. The number of anilines is 2. The van der Waals surface area contributed by atoms with E-state index in [1.807, 2.05) is 0 Å². The Kier molecular flexibility index (Phi) is 3.84. The molecule has 0 radical (unpaired) electrons. The first-order valence-corrected chi connectivity index (χ1v) is 7.00. The van der Waals surface area contributed by atoms with Crippen LogP contribution in [0.15, 0.2) is 24.5 Å². The summed E-state index contributed by atoms with van der Waals surface area (Å²) >= 11 is 6.12. The van der Waals surface area contributed by atoms with E-state index in [2.05, 4.69) is 9.97 Å². The molecule has 22 heavy (non-hydrogen) atoms. The van der Waals surface area contributed by atoms with Crippen LogP contribution in [0.5, 0.6) is 0 Å². The van der Waals surface area contributed by atoms with Crippen molar-refractivity contribution in [3.8, 4) is 0 Å². The number of aliphatic hydroxyl groups is 1. The normalized spacial score (nSPS) is 21.4. The molecule has 1 saturated heterocycles. The van der Waals surface area contributed by atoms with Gasteiger partial charge in [-0.25, -0.2) is 18.7 Å². The summed E-state index contributed by atoms with van der Waals surface area (Å²) in [5.74, 6) is -1.37. The van der Waals surface area contributed by atoms with Crippen LogP contribution in [0, 0.1) is 11.6 Å². The minimum atomic E-state index is -0.938. The van der Waals surface area contributed by atoms with Crippen LogP contribution in [0.1, 0.15) is 18.0 Å².